The highest BCUT2D eigenvalue weighted by molar-refractivity contribution is 6.23. The maximum absolute atomic E-state index is 13.1. The van der Waals surface area contributed by atoms with Crippen LogP contribution in [0.4, 0.5) is 5.82 Å². The Morgan fingerprint density at radius 1 is 1.07 bits per heavy atom. The SMILES string of the molecule is CN1CCC(N2C(=O)c3cc4nc(-c5ccc(N(C)C)nc5)[nH]c4cc3C2=O)CC1. The van der Waals surface area contributed by atoms with Crippen LogP contribution in [0.25, 0.3) is 22.4 Å². The van der Waals surface area contributed by atoms with Gasteiger partial charge in [0.25, 0.3) is 11.8 Å². The Bertz CT molecular complexity index is 1090. The quantitative estimate of drug-likeness (QED) is 0.675. The van der Waals surface area contributed by atoms with E-state index in [1.807, 2.05) is 31.1 Å². The van der Waals surface area contributed by atoms with E-state index in [0.29, 0.717) is 22.5 Å². The monoisotopic (exact) mass is 404 g/mol. The normalized spacial score (nSPS) is 17.8. The van der Waals surface area contributed by atoms with E-state index in [2.05, 4.69) is 26.9 Å². The summed E-state index contributed by atoms with van der Waals surface area (Å²) in [6.45, 7) is 1.79. The lowest BCUT2D eigenvalue weighted by Gasteiger charge is -2.33. The molecule has 4 heterocycles. The number of imidazole rings is 1. The molecule has 0 aliphatic carbocycles. The molecule has 0 atom stereocenters. The molecule has 2 aliphatic heterocycles. The number of H-pyrrole nitrogens is 1. The number of aromatic amines is 1. The molecule has 2 aliphatic rings. The van der Waals surface area contributed by atoms with Crippen molar-refractivity contribution in [3.8, 4) is 11.4 Å². The molecule has 8 heteroatoms. The topological polar surface area (TPSA) is 85.4 Å². The second-order valence-electron chi connectivity index (χ2n) is 8.31. The van der Waals surface area contributed by atoms with Crippen LogP contribution in [-0.4, -0.2) is 76.8 Å². The van der Waals surface area contributed by atoms with Crippen molar-refractivity contribution in [2.24, 2.45) is 0 Å². The van der Waals surface area contributed by atoms with Gasteiger partial charge in [-0.05, 0) is 57.2 Å². The van der Waals surface area contributed by atoms with E-state index in [9.17, 15) is 9.59 Å². The second-order valence-corrected chi connectivity index (χ2v) is 8.31. The van der Waals surface area contributed by atoms with Gasteiger partial charge in [0.1, 0.15) is 11.6 Å². The zero-order valence-corrected chi connectivity index (χ0v) is 17.3. The number of carbonyl (C=O) groups excluding carboxylic acids is 2. The number of carbonyl (C=O) groups is 2. The molecule has 1 fully saturated rings. The lowest BCUT2D eigenvalue weighted by atomic mass is 10.0. The third-order valence-electron chi connectivity index (χ3n) is 6.05. The van der Waals surface area contributed by atoms with Gasteiger partial charge in [-0.15, -0.1) is 0 Å². The van der Waals surface area contributed by atoms with E-state index < -0.39 is 0 Å². The molecule has 0 bridgehead atoms. The molecule has 0 unspecified atom stereocenters. The molecule has 30 heavy (non-hydrogen) atoms. The number of aromatic nitrogens is 3. The molecule has 0 spiro atoms. The van der Waals surface area contributed by atoms with E-state index >= 15 is 0 Å². The Balaban J connectivity index is 1.47. The number of rotatable bonds is 3. The molecule has 8 nitrogen and oxygen atoms in total. The van der Waals surface area contributed by atoms with Crippen molar-refractivity contribution in [1.29, 1.82) is 0 Å². The average Bonchev–Trinajstić information content (AvgIpc) is 3.26. The minimum atomic E-state index is -0.201. The van der Waals surface area contributed by atoms with Crippen LogP contribution in [0, 0.1) is 0 Å². The predicted octanol–water partition coefficient (Wildman–Crippen LogP) is 2.38. The van der Waals surface area contributed by atoms with E-state index in [4.69, 9.17) is 0 Å². The number of fused-ring (bicyclic) bond motifs is 2. The van der Waals surface area contributed by atoms with Crippen LogP contribution in [0.3, 0.4) is 0 Å². The van der Waals surface area contributed by atoms with E-state index in [-0.39, 0.29) is 17.9 Å². The molecular weight excluding hydrogens is 380 g/mol. The summed E-state index contributed by atoms with van der Waals surface area (Å²) in [4.78, 5) is 44.1. The average molecular weight is 404 g/mol. The van der Waals surface area contributed by atoms with Crippen molar-refractivity contribution in [3.05, 3.63) is 41.6 Å². The summed E-state index contributed by atoms with van der Waals surface area (Å²) in [5, 5.41) is 0. The van der Waals surface area contributed by atoms with Gasteiger partial charge in [-0.25, -0.2) is 9.97 Å². The molecule has 1 aromatic carbocycles. The number of nitrogens with one attached hydrogen (secondary N) is 1. The molecular formula is C22H24N6O2. The number of hydrogen-bond donors (Lipinski definition) is 1. The first-order valence-corrected chi connectivity index (χ1v) is 10.2. The Morgan fingerprint density at radius 2 is 1.77 bits per heavy atom. The number of piperidine rings is 1. The number of likely N-dealkylation sites (tertiary alicyclic amines) is 1. The van der Waals surface area contributed by atoms with Gasteiger partial charge in [-0.2, -0.15) is 0 Å². The van der Waals surface area contributed by atoms with Gasteiger partial charge >= 0.3 is 0 Å². The third-order valence-corrected chi connectivity index (χ3v) is 6.05. The van der Waals surface area contributed by atoms with Gasteiger partial charge < -0.3 is 14.8 Å². The van der Waals surface area contributed by atoms with Crippen LogP contribution >= 0.6 is 0 Å². The number of hydrogen-bond acceptors (Lipinski definition) is 6. The van der Waals surface area contributed by atoms with Crippen LogP contribution in [0.2, 0.25) is 0 Å². The van der Waals surface area contributed by atoms with Gasteiger partial charge in [0.15, 0.2) is 0 Å². The fourth-order valence-electron chi connectivity index (χ4n) is 4.27. The molecule has 0 radical (unpaired) electrons. The van der Waals surface area contributed by atoms with Gasteiger partial charge in [0, 0.05) is 31.9 Å². The molecule has 2 aromatic heterocycles. The number of anilines is 1. The summed E-state index contributed by atoms with van der Waals surface area (Å²) in [5.74, 6) is 1.13. The summed E-state index contributed by atoms with van der Waals surface area (Å²) in [6, 6.07) is 7.34. The maximum atomic E-state index is 13.1. The highest BCUT2D eigenvalue weighted by Crippen LogP contribution is 2.32. The molecule has 1 N–H and O–H groups in total. The Hall–Kier alpha value is -3.26. The highest BCUT2D eigenvalue weighted by Gasteiger charge is 2.41. The maximum Gasteiger partial charge on any atom is 0.261 e. The highest BCUT2D eigenvalue weighted by atomic mass is 16.2. The summed E-state index contributed by atoms with van der Waals surface area (Å²) in [5.41, 5.74) is 3.18. The van der Waals surface area contributed by atoms with Gasteiger partial charge in [-0.1, -0.05) is 0 Å². The lowest BCUT2D eigenvalue weighted by molar-refractivity contribution is 0.0516. The van der Waals surface area contributed by atoms with Crippen molar-refractivity contribution in [3.63, 3.8) is 0 Å². The number of amides is 2. The fourth-order valence-corrected chi connectivity index (χ4v) is 4.27. The Morgan fingerprint density at radius 3 is 2.40 bits per heavy atom. The van der Waals surface area contributed by atoms with Crippen LogP contribution in [0.15, 0.2) is 30.5 Å². The lowest BCUT2D eigenvalue weighted by Crippen LogP contribution is -2.46. The summed E-state index contributed by atoms with van der Waals surface area (Å²) >= 11 is 0. The standard InChI is InChI=1S/C22H24N6O2/c1-26(2)19-5-4-13(12-23-19)20-24-17-10-15-16(11-18(17)25-20)22(30)28(21(15)29)14-6-8-27(3)9-7-14/h4-5,10-12,14H,6-9H2,1-3H3,(H,24,25). The largest absolute Gasteiger partial charge is 0.363 e. The second kappa shape index (κ2) is 6.91. The first-order chi connectivity index (χ1) is 14.4. The smallest absolute Gasteiger partial charge is 0.261 e. The zero-order chi connectivity index (χ0) is 21.0. The van der Waals surface area contributed by atoms with Gasteiger partial charge in [0.2, 0.25) is 0 Å². The van der Waals surface area contributed by atoms with Crippen LogP contribution < -0.4 is 4.90 Å². The van der Waals surface area contributed by atoms with E-state index in [0.717, 1.165) is 42.8 Å². The minimum Gasteiger partial charge on any atom is -0.363 e. The first kappa shape index (κ1) is 18.7. The summed E-state index contributed by atoms with van der Waals surface area (Å²) in [7, 11) is 5.94. The molecule has 154 valence electrons. The zero-order valence-electron chi connectivity index (χ0n) is 17.3. The van der Waals surface area contributed by atoms with Gasteiger partial charge in [-0.3, -0.25) is 14.5 Å². The van der Waals surface area contributed by atoms with E-state index in [1.165, 1.54) is 4.90 Å². The summed E-state index contributed by atoms with van der Waals surface area (Å²) in [6.07, 6.45) is 3.40. The minimum absolute atomic E-state index is 0.0308. The molecule has 1 saturated heterocycles. The Labute approximate surface area is 174 Å². The Kier molecular flexibility index (Phi) is 4.32. The molecule has 0 saturated carbocycles. The van der Waals surface area contributed by atoms with Crippen molar-refractivity contribution < 1.29 is 9.59 Å². The fraction of sp³-hybridized carbons (Fsp3) is 0.364. The van der Waals surface area contributed by atoms with Crippen LogP contribution in [-0.2, 0) is 0 Å². The van der Waals surface area contributed by atoms with Crippen molar-refractivity contribution in [2.75, 3.05) is 39.1 Å². The number of benzene rings is 1. The number of nitrogens with zero attached hydrogens (tertiary/aromatic N) is 5. The predicted molar refractivity (Wildman–Crippen MR) is 115 cm³/mol. The number of imide groups is 1. The number of pyridine rings is 1. The molecule has 2 amide bonds. The van der Waals surface area contributed by atoms with Gasteiger partial charge in [0.05, 0.1) is 22.2 Å². The summed E-state index contributed by atoms with van der Waals surface area (Å²) < 4.78 is 0. The first-order valence-electron chi connectivity index (χ1n) is 10.2. The third kappa shape index (κ3) is 2.95. The van der Waals surface area contributed by atoms with Crippen LogP contribution in [0.5, 0.6) is 0 Å². The van der Waals surface area contributed by atoms with E-state index in [1.54, 1.807) is 18.3 Å². The van der Waals surface area contributed by atoms with Crippen molar-refractivity contribution in [2.45, 2.75) is 18.9 Å². The van der Waals surface area contributed by atoms with Crippen molar-refractivity contribution >= 4 is 28.7 Å². The molecule has 3 aromatic rings. The van der Waals surface area contributed by atoms with Crippen LogP contribution in [0.1, 0.15) is 33.6 Å². The van der Waals surface area contributed by atoms with Crippen molar-refractivity contribution in [1.82, 2.24) is 24.8 Å². The molecule has 5 rings (SSSR count).